The highest BCUT2D eigenvalue weighted by molar-refractivity contribution is 9.10. The second kappa shape index (κ2) is 4.95. The molecule has 4 nitrogen and oxygen atoms in total. The van der Waals surface area contributed by atoms with E-state index in [1.807, 2.05) is 0 Å². The molecule has 0 spiro atoms. The lowest BCUT2D eigenvalue weighted by atomic mass is 10.2. The van der Waals surface area contributed by atoms with Crippen LogP contribution < -0.4 is 0 Å². The highest BCUT2D eigenvalue weighted by atomic mass is 79.9. The molecule has 1 aromatic rings. The van der Waals surface area contributed by atoms with Gasteiger partial charge in [0.25, 0.3) is 0 Å². The summed E-state index contributed by atoms with van der Waals surface area (Å²) in [7, 11) is 0. The Balaban J connectivity index is 2.75. The van der Waals surface area contributed by atoms with Gasteiger partial charge < -0.3 is 9.84 Å². The van der Waals surface area contributed by atoms with E-state index in [1.54, 1.807) is 6.92 Å². The van der Waals surface area contributed by atoms with Crippen LogP contribution in [0.1, 0.15) is 12.5 Å². The molecule has 0 aliphatic rings. The molecular weight excluding hydrogens is 250 g/mol. The van der Waals surface area contributed by atoms with Gasteiger partial charge in [-0.15, -0.1) is 0 Å². The first-order chi connectivity index (χ1) is 6.63. The van der Waals surface area contributed by atoms with Gasteiger partial charge in [-0.3, -0.25) is 4.79 Å². The molecule has 0 fully saturated rings. The second-order valence-corrected chi connectivity index (χ2v) is 3.38. The van der Waals surface area contributed by atoms with Crippen LogP contribution in [0.15, 0.2) is 16.9 Å². The van der Waals surface area contributed by atoms with E-state index in [4.69, 9.17) is 9.84 Å². The molecule has 1 rings (SSSR count). The molecule has 0 aromatic carbocycles. The van der Waals surface area contributed by atoms with E-state index in [0.29, 0.717) is 16.8 Å². The number of rotatable bonds is 3. The lowest BCUT2D eigenvalue weighted by Gasteiger charge is -2.03. The fraction of sp³-hybridized carbons (Fsp3) is 0.333. The Morgan fingerprint density at radius 2 is 2.43 bits per heavy atom. The first-order valence-electron chi connectivity index (χ1n) is 4.12. The van der Waals surface area contributed by atoms with E-state index in [2.05, 4.69) is 20.9 Å². The molecule has 0 unspecified atom stereocenters. The monoisotopic (exact) mass is 259 g/mol. The van der Waals surface area contributed by atoms with Gasteiger partial charge in [0.05, 0.1) is 19.2 Å². The molecule has 14 heavy (non-hydrogen) atoms. The van der Waals surface area contributed by atoms with Gasteiger partial charge in [0, 0.05) is 0 Å². The predicted molar refractivity (Wildman–Crippen MR) is 53.9 cm³/mol. The van der Waals surface area contributed by atoms with Crippen molar-refractivity contribution in [1.82, 2.24) is 4.98 Å². The quantitative estimate of drug-likeness (QED) is 0.663. The number of hydrogen-bond donors (Lipinski definition) is 1. The molecular formula is C9H10BrNO3. The van der Waals surface area contributed by atoms with Crippen LogP contribution in [0.5, 0.6) is 5.75 Å². The van der Waals surface area contributed by atoms with Crippen molar-refractivity contribution in [2.24, 2.45) is 0 Å². The largest absolute Gasteiger partial charge is 0.506 e. The Hall–Kier alpha value is -1.10. The Morgan fingerprint density at radius 3 is 3.07 bits per heavy atom. The van der Waals surface area contributed by atoms with Crippen molar-refractivity contribution in [1.29, 1.82) is 0 Å². The minimum absolute atomic E-state index is 0.0347. The maximum Gasteiger partial charge on any atom is 0.310 e. The SMILES string of the molecule is CCOC(=O)Cc1cc(O)cnc1Br. The van der Waals surface area contributed by atoms with Gasteiger partial charge >= 0.3 is 5.97 Å². The molecule has 0 aliphatic heterocycles. The third-order valence-electron chi connectivity index (χ3n) is 1.54. The normalized spacial score (nSPS) is 9.86. The summed E-state index contributed by atoms with van der Waals surface area (Å²) < 4.78 is 5.32. The van der Waals surface area contributed by atoms with Crippen molar-refractivity contribution in [2.75, 3.05) is 6.61 Å². The van der Waals surface area contributed by atoms with Crippen molar-refractivity contribution < 1.29 is 14.6 Å². The predicted octanol–water partition coefficient (Wildman–Crippen LogP) is 1.66. The molecule has 76 valence electrons. The fourth-order valence-corrected chi connectivity index (χ4v) is 1.33. The Kier molecular flexibility index (Phi) is 3.88. The van der Waals surface area contributed by atoms with Gasteiger partial charge in [0.1, 0.15) is 10.4 Å². The van der Waals surface area contributed by atoms with Crippen molar-refractivity contribution >= 4 is 21.9 Å². The van der Waals surface area contributed by atoms with E-state index in [1.165, 1.54) is 12.3 Å². The second-order valence-electron chi connectivity index (χ2n) is 2.63. The molecule has 0 radical (unpaired) electrons. The molecule has 0 aliphatic carbocycles. The summed E-state index contributed by atoms with van der Waals surface area (Å²) in [5.74, 6) is -0.298. The van der Waals surface area contributed by atoms with Crippen LogP contribution in [0, 0.1) is 0 Å². The van der Waals surface area contributed by atoms with Crippen molar-refractivity contribution in [3.8, 4) is 5.75 Å². The first-order valence-corrected chi connectivity index (χ1v) is 4.91. The van der Waals surface area contributed by atoms with Gasteiger partial charge in [-0.05, 0) is 34.5 Å². The Morgan fingerprint density at radius 1 is 1.71 bits per heavy atom. The summed E-state index contributed by atoms with van der Waals surface area (Å²) in [6, 6.07) is 1.48. The van der Waals surface area contributed by atoms with Crippen molar-refractivity contribution in [3.05, 3.63) is 22.4 Å². The van der Waals surface area contributed by atoms with Crippen LogP contribution in [0.3, 0.4) is 0 Å². The average Bonchev–Trinajstić information content (AvgIpc) is 2.12. The summed E-state index contributed by atoms with van der Waals surface area (Å²) in [5.41, 5.74) is 0.614. The molecule has 1 heterocycles. The number of halogens is 1. The zero-order chi connectivity index (χ0) is 10.6. The Bertz CT molecular complexity index is 341. The van der Waals surface area contributed by atoms with E-state index in [9.17, 15) is 4.79 Å². The fourth-order valence-electron chi connectivity index (χ4n) is 0.973. The van der Waals surface area contributed by atoms with Gasteiger partial charge in [0.2, 0.25) is 0 Å². The minimum Gasteiger partial charge on any atom is -0.506 e. The van der Waals surface area contributed by atoms with Crippen molar-refractivity contribution in [2.45, 2.75) is 13.3 Å². The summed E-state index contributed by atoms with van der Waals surface area (Å²) in [6.07, 6.45) is 1.41. The minimum atomic E-state index is -0.333. The molecule has 0 amide bonds. The number of nitrogens with zero attached hydrogens (tertiary/aromatic N) is 1. The molecule has 0 saturated heterocycles. The highest BCUT2D eigenvalue weighted by Crippen LogP contribution is 2.19. The van der Waals surface area contributed by atoms with E-state index < -0.39 is 0 Å². The Labute approximate surface area is 90.0 Å². The number of esters is 1. The number of pyridine rings is 1. The number of ether oxygens (including phenoxy) is 1. The zero-order valence-corrected chi connectivity index (χ0v) is 9.24. The summed E-state index contributed by atoms with van der Waals surface area (Å²) in [6.45, 7) is 2.09. The van der Waals surface area contributed by atoms with E-state index in [-0.39, 0.29) is 18.1 Å². The van der Waals surface area contributed by atoms with Gasteiger partial charge in [-0.1, -0.05) is 0 Å². The summed E-state index contributed by atoms with van der Waals surface area (Å²) >= 11 is 3.18. The smallest absolute Gasteiger partial charge is 0.310 e. The van der Waals surface area contributed by atoms with Crippen LogP contribution in [0.25, 0.3) is 0 Å². The molecule has 0 bridgehead atoms. The number of carbonyl (C=O) groups is 1. The highest BCUT2D eigenvalue weighted by Gasteiger charge is 2.08. The maximum atomic E-state index is 11.1. The molecule has 5 heteroatoms. The van der Waals surface area contributed by atoms with Crippen LogP contribution in [-0.4, -0.2) is 22.7 Å². The average molecular weight is 260 g/mol. The third kappa shape index (κ3) is 2.99. The van der Waals surface area contributed by atoms with Gasteiger partial charge in [-0.2, -0.15) is 0 Å². The van der Waals surface area contributed by atoms with Crippen LogP contribution in [0.2, 0.25) is 0 Å². The number of aromatic hydroxyl groups is 1. The molecule has 1 aromatic heterocycles. The number of hydrogen-bond acceptors (Lipinski definition) is 4. The standard InChI is InChI=1S/C9H10BrNO3/c1-2-14-8(13)4-6-3-7(12)5-11-9(6)10/h3,5,12H,2,4H2,1H3. The van der Waals surface area contributed by atoms with E-state index in [0.717, 1.165) is 0 Å². The van der Waals surface area contributed by atoms with Crippen molar-refractivity contribution in [3.63, 3.8) is 0 Å². The molecule has 0 saturated carbocycles. The topological polar surface area (TPSA) is 59.4 Å². The zero-order valence-electron chi connectivity index (χ0n) is 7.66. The van der Waals surface area contributed by atoms with Gasteiger partial charge in [-0.25, -0.2) is 4.98 Å². The van der Waals surface area contributed by atoms with Crippen LogP contribution in [0.4, 0.5) is 0 Å². The maximum absolute atomic E-state index is 11.1. The summed E-state index contributed by atoms with van der Waals surface area (Å²) in [4.78, 5) is 15.0. The van der Waals surface area contributed by atoms with Gasteiger partial charge in [0.15, 0.2) is 0 Å². The molecule has 0 atom stereocenters. The summed E-state index contributed by atoms with van der Waals surface area (Å²) in [5, 5.41) is 9.14. The van der Waals surface area contributed by atoms with Crippen LogP contribution in [-0.2, 0) is 16.0 Å². The number of aromatic nitrogens is 1. The lowest BCUT2D eigenvalue weighted by Crippen LogP contribution is -2.08. The third-order valence-corrected chi connectivity index (χ3v) is 2.25. The van der Waals surface area contributed by atoms with E-state index >= 15 is 0 Å². The van der Waals surface area contributed by atoms with Crippen LogP contribution >= 0.6 is 15.9 Å². The first kappa shape index (κ1) is 11.0. The molecule has 1 N–H and O–H groups in total. The lowest BCUT2D eigenvalue weighted by molar-refractivity contribution is -0.142. The number of carbonyl (C=O) groups excluding carboxylic acids is 1.